The number of fused-ring (bicyclic) bond motifs is 1. The maximum absolute atomic E-state index is 13.3. The summed E-state index contributed by atoms with van der Waals surface area (Å²) in [6.07, 6.45) is 5.45. The first-order valence-corrected chi connectivity index (χ1v) is 9.53. The molecular formula is C25H22N2O2. The van der Waals surface area contributed by atoms with E-state index >= 15 is 0 Å². The molecule has 29 heavy (non-hydrogen) atoms. The number of nitrogens with zero attached hydrogens (tertiary/aromatic N) is 2. The average molecular weight is 382 g/mol. The topological polar surface area (TPSA) is 44.1 Å². The fourth-order valence-corrected chi connectivity index (χ4v) is 3.38. The highest BCUT2D eigenvalue weighted by atomic mass is 16.5. The Morgan fingerprint density at radius 3 is 2.86 bits per heavy atom. The largest absolute Gasteiger partial charge is 0.489 e. The predicted molar refractivity (Wildman–Crippen MR) is 116 cm³/mol. The van der Waals surface area contributed by atoms with Gasteiger partial charge >= 0.3 is 0 Å². The number of ether oxygens (including phenoxy) is 1. The van der Waals surface area contributed by atoms with Crippen molar-refractivity contribution in [2.24, 2.45) is 0 Å². The number of hydrogen-bond donors (Lipinski definition) is 0. The molecule has 4 heteroatoms. The van der Waals surface area contributed by atoms with Crippen LogP contribution in [-0.2, 0) is 6.54 Å². The van der Waals surface area contributed by atoms with Crippen molar-refractivity contribution in [3.05, 3.63) is 108 Å². The molecule has 2 aromatic heterocycles. The van der Waals surface area contributed by atoms with Crippen LogP contribution in [0.15, 0.2) is 85.7 Å². The smallest absolute Gasteiger partial charge is 0.213 e. The van der Waals surface area contributed by atoms with Crippen LogP contribution < -0.4 is 4.74 Å². The normalized spacial score (nSPS) is 10.8. The first-order chi connectivity index (χ1) is 14.2. The molecule has 0 fully saturated rings. The minimum Gasteiger partial charge on any atom is -0.489 e. The van der Waals surface area contributed by atoms with E-state index in [4.69, 9.17) is 4.74 Å². The number of carbonyl (C=O) groups is 1. The minimum atomic E-state index is -0.0668. The van der Waals surface area contributed by atoms with E-state index in [2.05, 4.69) is 17.6 Å². The van der Waals surface area contributed by atoms with E-state index in [9.17, 15) is 4.79 Å². The third-order valence-corrected chi connectivity index (χ3v) is 4.80. The van der Waals surface area contributed by atoms with E-state index < -0.39 is 0 Å². The van der Waals surface area contributed by atoms with Gasteiger partial charge in [-0.2, -0.15) is 0 Å². The first-order valence-electron chi connectivity index (χ1n) is 9.53. The van der Waals surface area contributed by atoms with Gasteiger partial charge in [0.25, 0.3) is 0 Å². The number of carbonyl (C=O) groups excluding carboxylic acids is 1. The van der Waals surface area contributed by atoms with E-state index in [1.165, 1.54) is 0 Å². The summed E-state index contributed by atoms with van der Waals surface area (Å²) in [6, 6.07) is 19.5. The molecule has 0 radical (unpaired) electrons. The number of rotatable bonds is 7. The van der Waals surface area contributed by atoms with Gasteiger partial charge in [0.15, 0.2) is 0 Å². The average Bonchev–Trinajstić information content (AvgIpc) is 3.20. The van der Waals surface area contributed by atoms with Crippen molar-refractivity contribution in [3.8, 4) is 5.75 Å². The first kappa shape index (κ1) is 18.7. The summed E-state index contributed by atoms with van der Waals surface area (Å²) in [5.41, 5.74) is 4.21. The molecule has 0 atom stereocenters. The summed E-state index contributed by atoms with van der Waals surface area (Å²) in [5.74, 6) is 0.512. The standard InChI is InChI=1S/C25H22N2O2/c1-3-13-29-24-14-18(2)10-11-21(24)25(28)23-9-6-12-27(23)17-19-15-20-7-4-5-8-22(20)26-16-19/h3-12,14-16H,1,13,17H2,2H3. The maximum atomic E-state index is 13.3. The second kappa shape index (κ2) is 8.15. The van der Waals surface area contributed by atoms with Crippen molar-refractivity contribution in [2.75, 3.05) is 6.61 Å². The lowest BCUT2D eigenvalue weighted by Gasteiger charge is -2.13. The van der Waals surface area contributed by atoms with Crippen molar-refractivity contribution in [3.63, 3.8) is 0 Å². The Hall–Kier alpha value is -3.66. The third-order valence-electron chi connectivity index (χ3n) is 4.80. The minimum absolute atomic E-state index is 0.0668. The van der Waals surface area contributed by atoms with Gasteiger partial charge in [0, 0.05) is 24.3 Å². The van der Waals surface area contributed by atoms with E-state index in [1.54, 1.807) is 6.08 Å². The molecule has 0 bridgehead atoms. The number of hydrogen-bond acceptors (Lipinski definition) is 3. The monoisotopic (exact) mass is 382 g/mol. The van der Waals surface area contributed by atoms with Crippen LogP contribution in [0.25, 0.3) is 10.9 Å². The zero-order valence-corrected chi connectivity index (χ0v) is 16.3. The lowest BCUT2D eigenvalue weighted by Crippen LogP contribution is -2.12. The lowest BCUT2D eigenvalue weighted by molar-refractivity contribution is 0.102. The molecule has 0 amide bonds. The van der Waals surface area contributed by atoms with Gasteiger partial charge in [0.1, 0.15) is 12.4 Å². The summed E-state index contributed by atoms with van der Waals surface area (Å²) in [6.45, 7) is 6.59. The zero-order chi connectivity index (χ0) is 20.2. The molecule has 0 spiro atoms. The van der Waals surface area contributed by atoms with Crippen molar-refractivity contribution in [1.82, 2.24) is 9.55 Å². The Kier molecular flexibility index (Phi) is 5.25. The molecule has 0 saturated heterocycles. The Balaban J connectivity index is 1.65. The highest BCUT2D eigenvalue weighted by Crippen LogP contribution is 2.24. The van der Waals surface area contributed by atoms with Crippen molar-refractivity contribution >= 4 is 16.7 Å². The lowest BCUT2D eigenvalue weighted by atomic mass is 10.0. The molecule has 0 aliphatic rings. The fourth-order valence-electron chi connectivity index (χ4n) is 3.38. The summed E-state index contributed by atoms with van der Waals surface area (Å²) in [4.78, 5) is 17.8. The number of benzene rings is 2. The van der Waals surface area contributed by atoms with Gasteiger partial charge in [-0.15, -0.1) is 0 Å². The fraction of sp³-hybridized carbons (Fsp3) is 0.120. The van der Waals surface area contributed by atoms with E-state index in [0.717, 1.165) is 22.0 Å². The van der Waals surface area contributed by atoms with Crippen LogP contribution in [0.1, 0.15) is 27.2 Å². The molecule has 0 saturated carbocycles. The predicted octanol–water partition coefficient (Wildman–Crippen LogP) is 5.19. The summed E-state index contributed by atoms with van der Waals surface area (Å²) in [5, 5.41) is 1.09. The van der Waals surface area contributed by atoms with Gasteiger partial charge in [-0.3, -0.25) is 9.78 Å². The molecule has 4 aromatic rings. The molecule has 4 nitrogen and oxygen atoms in total. The molecule has 0 N–H and O–H groups in total. The number of ketones is 1. The summed E-state index contributed by atoms with van der Waals surface area (Å²) in [7, 11) is 0. The van der Waals surface area contributed by atoms with Gasteiger partial charge in [-0.25, -0.2) is 0 Å². The van der Waals surface area contributed by atoms with E-state index in [-0.39, 0.29) is 5.78 Å². The van der Waals surface area contributed by atoms with Crippen LogP contribution in [0, 0.1) is 6.92 Å². The Morgan fingerprint density at radius 1 is 1.14 bits per heavy atom. The molecule has 0 aliphatic heterocycles. The van der Waals surface area contributed by atoms with Crippen molar-refractivity contribution in [1.29, 1.82) is 0 Å². The van der Waals surface area contributed by atoms with Crippen LogP contribution in [-0.4, -0.2) is 21.9 Å². The van der Waals surface area contributed by atoms with Crippen LogP contribution in [0.3, 0.4) is 0 Å². The van der Waals surface area contributed by atoms with Crippen LogP contribution in [0.2, 0.25) is 0 Å². The zero-order valence-electron chi connectivity index (χ0n) is 16.3. The Morgan fingerprint density at radius 2 is 2.00 bits per heavy atom. The number of aryl methyl sites for hydroxylation is 1. The molecule has 2 heterocycles. The Bertz CT molecular complexity index is 1190. The van der Waals surface area contributed by atoms with E-state index in [0.29, 0.717) is 30.2 Å². The van der Waals surface area contributed by atoms with Gasteiger partial charge in [-0.1, -0.05) is 36.9 Å². The van der Waals surface area contributed by atoms with Gasteiger partial charge in [0.05, 0.1) is 16.8 Å². The van der Waals surface area contributed by atoms with Gasteiger partial charge in [-0.05, 0) is 54.4 Å². The highest BCUT2D eigenvalue weighted by molar-refractivity contribution is 6.09. The van der Waals surface area contributed by atoms with Gasteiger partial charge < -0.3 is 9.30 Å². The number of aromatic nitrogens is 2. The Labute approximate surface area is 170 Å². The van der Waals surface area contributed by atoms with Gasteiger partial charge in [0.2, 0.25) is 5.78 Å². The number of para-hydroxylation sites is 1. The second-order valence-corrected chi connectivity index (χ2v) is 6.99. The molecule has 2 aromatic carbocycles. The summed E-state index contributed by atoms with van der Waals surface area (Å²) < 4.78 is 7.68. The quantitative estimate of drug-likeness (QED) is 0.326. The number of pyridine rings is 1. The van der Waals surface area contributed by atoms with Crippen LogP contribution >= 0.6 is 0 Å². The highest BCUT2D eigenvalue weighted by Gasteiger charge is 2.18. The maximum Gasteiger partial charge on any atom is 0.213 e. The van der Waals surface area contributed by atoms with Crippen molar-refractivity contribution in [2.45, 2.75) is 13.5 Å². The van der Waals surface area contributed by atoms with Crippen LogP contribution in [0.5, 0.6) is 5.75 Å². The summed E-state index contributed by atoms with van der Waals surface area (Å²) >= 11 is 0. The van der Waals surface area contributed by atoms with Crippen LogP contribution in [0.4, 0.5) is 0 Å². The molecule has 4 rings (SSSR count). The molecule has 0 unspecified atom stereocenters. The second-order valence-electron chi connectivity index (χ2n) is 6.99. The SMILES string of the molecule is C=CCOc1cc(C)ccc1C(=O)c1cccn1Cc1cnc2ccccc2c1. The third kappa shape index (κ3) is 3.97. The molecular weight excluding hydrogens is 360 g/mol. The van der Waals surface area contributed by atoms with Crippen molar-refractivity contribution < 1.29 is 9.53 Å². The van der Waals surface area contributed by atoms with E-state index in [1.807, 2.05) is 78.5 Å². The molecule has 144 valence electrons. The molecule has 0 aliphatic carbocycles.